The summed E-state index contributed by atoms with van der Waals surface area (Å²) in [5.41, 5.74) is 5.23. The highest BCUT2D eigenvalue weighted by Crippen LogP contribution is 2.10. The van der Waals surface area contributed by atoms with Crippen molar-refractivity contribution in [1.82, 2.24) is 0 Å². The van der Waals surface area contributed by atoms with Crippen LogP contribution in [0.15, 0.2) is 0 Å². The first-order valence-corrected chi connectivity index (χ1v) is 7.72. The summed E-state index contributed by atoms with van der Waals surface area (Å²) in [6, 6.07) is -1.12. The van der Waals surface area contributed by atoms with Crippen LogP contribution in [0.4, 0.5) is 0 Å². The average molecular weight is 287 g/mol. The molecule has 0 aliphatic carbocycles. The van der Waals surface area contributed by atoms with Crippen LogP contribution in [0.3, 0.4) is 0 Å². The van der Waals surface area contributed by atoms with E-state index in [1.165, 1.54) is 38.5 Å². The Kier molecular flexibility index (Phi) is 12.2. The molecule has 20 heavy (non-hydrogen) atoms. The van der Waals surface area contributed by atoms with Crippen molar-refractivity contribution in [2.45, 2.75) is 77.2 Å². The molecule has 0 bridgehead atoms. The first-order chi connectivity index (χ1) is 9.57. The van der Waals surface area contributed by atoms with E-state index in [0.29, 0.717) is 6.42 Å². The molecule has 0 aromatic carbocycles. The predicted molar refractivity (Wildman–Crippen MR) is 78.4 cm³/mol. The van der Waals surface area contributed by atoms with Crippen molar-refractivity contribution in [3.63, 3.8) is 0 Å². The van der Waals surface area contributed by atoms with Gasteiger partial charge in [-0.15, -0.1) is 0 Å². The van der Waals surface area contributed by atoms with Gasteiger partial charge in [0, 0.05) is 6.42 Å². The Morgan fingerprint density at radius 2 is 1.50 bits per heavy atom. The van der Waals surface area contributed by atoms with Gasteiger partial charge >= 0.3 is 11.9 Å². The maximum absolute atomic E-state index is 11.3. The van der Waals surface area contributed by atoms with Crippen LogP contribution in [-0.4, -0.2) is 29.7 Å². The lowest BCUT2D eigenvalue weighted by Crippen LogP contribution is -2.35. The Balaban J connectivity index is 3.29. The first kappa shape index (κ1) is 18.9. The largest absolute Gasteiger partial charge is 0.480 e. The quantitative estimate of drug-likeness (QED) is 0.401. The fourth-order valence-electron chi connectivity index (χ4n) is 1.91. The summed E-state index contributed by atoms with van der Waals surface area (Å²) < 4.78 is 4.79. The fourth-order valence-corrected chi connectivity index (χ4v) is 1.91. The molecule has 0 heterocycles. The second-order valence-corrected chi connectivity index (χ2v) is 5.21. The summed E-state index contributed by atoms with van der Waals surface area (Å²) >= 11 is 0. The van der Waals surface area contributed by atoms with Gasteiger partial charge in [-0.25, -0.2) is 0 Å². The standard InChI is InChI=1S/C15H29NO4/c1-2-3-4-5-6-7-8-9-10-11-14(17)20-12-13(16)15(18)19/h13H,2-12,16H2,1H3,(H,18,19)/t13-/m1/s1. The highest BCUT2D eigenvalue weighted by atomic mass is 16.5. The average Bonchev–Trinajstić information content (AvgIpc) is 2.42. The predicted octanol–water partition coefficient (Wildman–Crippen LogP) is 2.86. The SMILES string of the molecule is CCCCCCCCCCCC(=O)OC[C@@H](N)C(=O)O. The van der Waals surface area contributed by atoms with Gasteiger partial charge in [-0.1, -0.05) is 58.3 Å². The molecule has 0 aliphatic heterocycles. The van der Waals surface area contributed by atoms with Gasteiger partial charge in [0.1, 0.15) is 12.6 Å². The summed E-state index contributed by atoms with van der Waals surface area (Å²) in [6.07, 6.45) is 11.0. The smallest absolute Gasteiger partial charge is 0.324 e. The number of unbranched alkanes of at least 4 members (excludes halogenated alkanes) is 8. The highest BCUT2D eigenvalue weighted by Gasteiger charge is 2.13. The molecule has 1 atom stereocenters. The topological polar surface area (TPSA) is 89.6 Å². The Morgan fingerprint density at radius 3 is 2.00 bits per heavy atom. The van der Waals surface area contributed by atoms with E-state index < -0.39 is 12.0 Å². The van der Waals surface area contributed by atoms with Crippen molar-refractivity contribution in [2.75, 3.05) is 6.61 Å². The van der Waals surface area contributed by atoms with Gasteiger partial charge < -0.3 is 15.6 Å². The van der Waals surface area contributed by atoms with E-state index in [1.54, 1.807) is 0 Å². The Hall–Kier alpha value is -1.10. The third-order valence-corrected chi connectivity index (χ3v) is 3.23. The van der Waals surface area contributed by atoms with Crippen molar-refractivity contribution in [3.05, 3.63) is 0 Å². The van der Waals surface area contributed by atoms with Crippen LogP contribution < -0.4 is 5.73 Å². The lowest BCUT2D eigenvalue weighted by Gasteiger charge is -2.07. The number of carboxylic acid groups (broad SMARTS) is 1. The maximum atomic E-state index is 11.3. The fraction of sp³-hybridized carbons (Fsp3) is 0.867. The molecule has 0 spiro atoms. The van der Waals surface area contributed by atoms with Gasteiger partial charge in [0.2, 0.25) is 0 Å². The monoisotopic (exact) mass is 287 g/mol. The third kappa shape index (κ3) is 12.0. The molecule has 0 aromatic heterocycles. The Labute approximate surface area is 121 Å². The molecule has 0 saturated carbocycles. The van der Waals surface area contributed by atoms with E-state index in [0.717, 1.165) is 19.3 Å². The van der Waals surface area contributed by atoms with Crippen molar-refractivity contribution in [1.29, 1.82) is 0 Å². The van der Waals surface area contributed by atoms with Gasteiger partial charge in [-0.2, -0.15) is 0 Å². The molecule has 0 saturated heterocycles. The zero-order chi connectivity index (χ0) is 15.2. The number of hydrogen-bond acceptors (Lipinski definition) is 4. The first-order valence-electron chi connectivity index (χ1n) is 7.72. The number of rotatable bonds is 13. The summed E-state index contributed by atoms with van der Waals surface area (Å²) in [4.78, 5) is 21.7. The van der Waals surface area contributed by atoms with Gasteiger partial charge in [0.05, 0.1) is 0 Å². The molecule has 5 nitrogen and oxygen atoms in total. The third-order valence-electron chi connectivity index (χ3n) is 3.23. The number of hydrogen-bond donors (Lipinski definition) is 2. The molecule has 0 fully saturated rings. The summed E-state index contributed by atoms with van der Waals surface area (Å²) in [5, 5.41) is 8.53. The van der Waals surface area contributed by atoms with Crippen LogP contribution in [0.25, 0.3) is 0 Å². The van der Waals surface area contributed by atoms with Crippen molar-refractivity contribution in [3.8, 4) is 0 Å². The van der Waals surface area contributed by atoms with Crippen LogP contribution in [-0.2, 0) is 14.3 Å². The number of carboxylic acids is 1. The second kappa shape index (κ2) is 12.9. The molecular formula is C15H29NO4. The van der Waals surface area contributed by atoms with Crippen LogP contribution in [0, 0.1) is 0 Å². The number of carbonyl (C=O) groups is 2. The number of carbonyl (C=O) groups excluding carboxylic acids is 1. The molecule has 0 aliphatic rings. The van der Waals surface area contributed by atoms with E-state index in [1.807, 2.05) is 0 Å². The van der Waals surface area contributed by atoms with E-state index in [4.69, 9.17) is 15.6 Å². The van der Waals surface area contributed by atoms with Crippen LogP contribution in [0.5, 0.6) is 0 Å². The van der Waals surface area contributed by atoms with Crippen molar-refractivity contribution in [2.24, 2.45) is 5.73 Å². The lowest BCUT2D eigenvalue weighted by molar-refractivity contribution is -0.147. The zero-order valence-electron chi connectivity index (χ0n) is 12.6. The van der Waals surface area contributed by atoms with E-state index >= 15 is 0 Å². The van der Waals surface area contributed by atoms with Crippen LogP contribution >= 0.6 is 0 Å². The molecular weight excluding hydrogens is 258 g/mol. The molecule has 0 rings (SSSR count). The summed E-state index contributed by atoms with van der Waals surface area (Å²) in [5.74, 6) is -1.51. The summed E-state index contributed by atoms with van der Waals surface area (Å²) in [7, 11) is 0. The summed E-state index contributed by atoms with van der Waals surface area (Å²) in [6.45, 7) is 1.97. The van der Waals surface area contributed by atoms with Gasteiger partial charge in [-0.05, 0) is 6.42 Å². The molecule has 5 heteroatoms. The number of aliphatic carboxylic acids is 1. The molecule has 0 unspecified atom stereocenters. The lowest BCUT2D eigenvalue weighted by atomic mass is 10.1. The molecule has 0 radical (unpaired) electrons. The Bertz CT molecular complexity index is 269. The maximum Gasteiger partial charge on any atom is 0.324 e. The molecule has 0 amide bonds. The minimum Gasteiger partial charge on any atom is -0.480 e. The molecule has 0 aromatic rings. The number of ether oxygens (including phenoxy) is 1. The van der Waals surface area contributed by atoms with Gasteiger partial charge in [-0.3, -0.25) is 9.59 Å². The van der Waals surface area contributed by atoms with Crippen molar-refractivity contribution >= 4 is 11.9 Å². The zero-order valence-corrected chi connectivity index (χ0v) is 12.6. The molecule has 118 valence electrons. The minimum atomic E-state index is -1.15. The number of esters is 1. The Morgan fingerprint density at radius 1 is 1.00 bits per heavy atom. The van der Waals surface area contributed by atoms with Gasteiger partial charge in [0.25, 0.3) is 0 Å². The van der Waals surface area contributed by atoms with Crippen molar-refractivity contribution < 1.29 is 19.4 Å². The normalized spacial score (nSPS) is 12.1. The van der Waals surface area contributed by atoms with Crippen LogP contribution in [0.2, 0.25) is 0 Å². The second-order valence-electron chi connectivity index (χ2n) is 5.21. The van der Waals surface area contributed by atoms with Gasteiger partial charge in [0.15, 0.2) is 0 Å². The van der Waals surface area contributed by atoms with Crippen LogP contribution in [0.1, 0.15) is 71.1 Å². The number of nitrogens with two attached hydrogens (primary N) is 1. The minimum absolute atomic E-state index is 0.244. The highest BCUT2D eigenvalue weighted by molar-refractivity contribution is 5.74. The van der Waals surface area contributed by atoms with E-state index in [-0.39, 0.29) is 12.6 Å². The van der Waals surface area contributed by atoms with E-state index in [2.05, 4.69) is 6.92 Å². The molecule has 3 N–H and O–H groups in total. The van der Waals surface area contributed by atoms with E-state index in [9.17, 15) is 9.59 Å².